The van der Waals surface area contributed by atoms with Crippen molar-refractivity contribution in [2.75, 3.05) is 11.9 Å². The maximum absolute atomic E-state index is 11.8. The van der Waals surface area contributed by atoms with Gasteiger partial charge in [-0.05, 0) is 43.5 Å². The fraction of sp³-hybridized carbons (Fsp3) is 0.385. The lowest BCUT2D eigenvalue weighted by Crippen LogP contribution is -2.27. The van der Waals surface area contributed by atoms with Gasteiger partial charge in [0.25, 0.3) is 5.91 Å². The van der Waals surface area contributed by atoms with Crippen LogP contribution in [0.2, 0.25) is 0 Å². The molecule has 0 saturated carbocycles. The first-order chi connectivity index (χ1) is 8.58. The number of anilines is 1. The number of benzene rings is 1. The summed E-state index contributed by atoms with van der Waals surface area (Å²) < 4.78 is 5.28. The molecule has 2 rings (SSSR count). The Balaban J connectivity index is 2.09. The molecule has 0 unspecified atom stereocenters. The Hall–Kier alpha value is -1.88. The molecule has 1 aliphatic heterocycles. The lowest BCUT2D eigenvalue weighted by atomic mass is 10.1. The fourth-order valence-corrected chi connectivity index (χ4v) is 1.93. The third-order valence-corrected chi connectivity index (χ3v) is 2.95. The minimum absolute atomic E-state index is 0.168. The van der Waals surface area contributed by atoms with E-state index in [2.05, 4.69) is 5.32 Å². The molecular formula is C13H15NO4. The number of amides is 1. The predicted molar refractivity (Wildman–Crippen MR) is 65.7 cm³/mol. The van der Waals surface area contributed by atoms with Gasteiger partial charge < -0.3 is 15.2 Å². The lowest BCUT2D eigenvalue weighted by molar-refractivity contribution is -0.124. The number of ether oxygens (including phenoxy) is 1. The van der Waals surface area contributed by atoms with Crippen LogP contribution in [-0.2, 0) is 9.53 Å². The summed E-state index contributed by atoms with van der Waals surface area (Å²) in [5.74, 6) is -1.14. The summed E-state index contributed by atoms with van der Waals surface area (Å²) in [4.78, 5) is 22.6. The highest BCUT2D eigenvalue weighted by molar-refractivity contribution is 5.96. The molecule has 0 bridgehead atoms. The van der Waals surface area contributed by atoms with Gasteiger partial charge in [0.15, 0.2) is 0 Å². The number of carboxylic acid groups (broad SMARTS) is 1. The highest BCUT2D eigenvalue weighted by atomic mass is 16.5. The van der Waals surface area contributed by atoms with E-state index in [1.807, 2.05) is 0 Å². The van der Waals surface area contributed by atoms with E-state index in [0.29, 0.717) is 12.3 Å². The molecular weight excluding hydrogens is 234 g/mol. The number of carbonyl (C=O) groups is 2. The largest absolute Gasteiger partial charge is 0.478 e. The second kappa shape index (κ2) is 5.18. The smallest absolute Gasteiger partial charge is 0.335 e. The number of hydrogen-bond acceptors (Lipinski definition) is 3. The fourth-order valence-electron chi connectivity index (χ4n) is 1.93. The van der Waals surface area contributed by atoms with Gasteiger partial charge in [0.05, 0.1) is 5.56 Å². The molecule has 0 radical (unpaired) electrons. The highest BCUT2D eigenvalue weighted by Gasteiger charge is 2.23. The van der Waals surface area contributed by atoms with Crippen LogP contribution in [0.5, 0.6) is 0 Å². The zero-order valence-electron chi connectivity index (χ0n) is 10.1. The van der Waals surface area contributed by atoms with E-state index in [0.717, 1.165) is 18.4 Å². The van der Waals surface area contributed by atoms with E-state index < -0.39 is 5.97 Å². The van der Waals surface area contributed by atoms with Gasteiger partial charge >= 0.3 is 5.97 Å². The molecule has 1 amide bonds. The highest BCUT2D eigenvalue weighted by Crippen LogP contribution is 2.19. The van der Waals surface area contributed by atoms with Gasteiger partial charge in [0, 0.05) is 12.3 Å². The molecule has 1 aromatic rings. The third kappa shape index (κ3) is 2.68. The molecule has 5 nitrogen and oxygen atoms in total. The molecule has 1 aromatic carbocycles. The monoisotopic (exact) mass is 249 g/mol. The summed E-state index contributed by atoms with van der Waals surface area (Å²) in [6.07, 6.45) is 1.25. The van der Waals surface area contributed by atoms with Crippen LogP contribution in [0.1, 0.15) is 28.8 Å². The Kier molecular flexibility index (Phi) is 3.62. The van der Waals surface area contributed by atoms with Gasteiger partial charge in [-0.3, -0.25) is 4.79 Å². The quantitative estimate of drug-likeness (QED) is 0.856. The topological polar surface area (TPSA) is 75.6 Å². The van der Waals surface area contributed by atoms with Crippen LogP contribution >= 0.6 is 0 Å². The van der Waals surface area contributed by atoms with Crippen molar-refractivity contribution >= 4 is 17.6 Å². The number of carbonyl (C=O) groups excluding carboxylic acids is 1. The first-order valence-electron chi connectivity index (χ1n) is 5.84. The van der Waals surface area contributed by atoms with Crippen LogP contribution in [0.15, 0.2) is 18.2 Å². The van der Waals surface area contributed by atoms with Crippen LogP contribution in [0.4, 0.5) is 5.69 Å². The van der Waals surface area contributed by atoms with Gasteiger partial charge in [-0.15, -0.1) is 0 Å². The van der Waals surface area contributed by atoms with Crippen molar-refractivity contribution in [1.82, 2.24) is 0 Å². The van der Waals surface area contributed by atoms with Crippen LogP contribution in [0.25, 0.3) is 0 Å². The number of hydrogen-bond donors (Lipinski definition) is 2. The summed E-state index contributed by atoms with van der Waals surface area (Å²) in [7, 11) is 0. The average molecular weight is 249 g/mol. The van der Waals surface area contributed by atoms with E-state index in [1.54, 1.807) is 13.0 Å². The zero-order chi connectivity index (χ0) is 13.1. The number of rotatable bonds is 3. The van der Waals surface area contributed by atoms with E-state index in [1.165, 1.54) is 12.1 Å². The van der Waals surface area contributed by atoms with Gasteiger partial charge in [0.1, 0.15) is 6.10 Å². The standard InChI is InChI=1S/C13H15NO4/c1-8-7-9(13(16)17)4-5-10(8)14-12(15)11-3-2-6-18-11/h4-5,7,11H,2-3,6H2,1H3,(H,14,15)(H,16,17)/t11-/m0/s1. The van der Waals surface area contributed by atoms with E-state index >= 15 is 0 Å². The van der Waals surface area contributed by atoms with Crippen molar-refractivity contribution in [2.45, 2.75) is 25.9 Å². The molecule has 1 fully saturated rings. The molecule has 1 heterocycles. The third-order valence-electron chi connectivity index (χ3n) is 2.95. The minimum atomic E-state index is -0.977. The molecule has 0 spiro atoms. The van der Waals surface area contributed by atoms with Gasteiger partial charge in [-0.2, -0.15) is 0 Å². The molecule has 1 saturated heterocycles. The number of carboxylic acids is 1. The Labute approximate surface area is 105 Å². The molecule has 0 aliphatic carbocycles. The van der Waals surface area contributed by atoms with Crippen LogP contribution < -0.4 is 5.32 Å². The first-order valence-corrected chi connectivity index (χ1v) is 5.84. The number of aryl methyl sites for hydroxylation is 1. The van der Waals surface area contributed by atoms with Gasteiger partial charge in [0.2, 0.25) is 0 Å². The molecule has 1 atom stereocenters. The summed E-state index contributed by atoms with van der Waals surface area (Å²) >= 11 is 0. The molecule has 1 aliphatic rings. The van der Waals surface area contributed by atoms with Crippen molar-refractivity contribution in [2.24, 2.45) is 0 Å². The lowest BCUT2D eigenvalue weighted by Gasteiger charge is -2.12. The second-order valence-electron chi connectivity index (χ2n) is 4.33. The van der Waals surface area contributed by atoms with Crippen molar-refractivity contribution in [3.63, 3.8) is 0 Å². The molecule has 0 aromatic heterocycles. The Morgan fingerprint density at radius 2 is 2.22 bits per heavy atom. The zero-order valence-corrected chi connectivity index (χ0v) is 10.1. The van der Waals surface area contributed by atoms with E-state index in [9.17, 15) is 9.59 Å². The minimum Gasteiger partial charge on any atom is -0.478 e. The maximum atomic E-state index is 11.8. The number of nitrogens with one attached hydrogen (secondary N) is 1. The van der Waals surface area contributed by atoms with Crippen LogP contribution in [0, 0.1) is 6.92 Å². The summed E-state index contributed by atoms with van der Waals surface area (Å²) in [5, 5.41) is 11.6. The van der Waals surface area contributed by atoms with Gasteiger partial charge in [-0.25, -0.2) is 4.79 Å². The normalized spacial score (nSPS) is 18.6. The van der Waals surface area contributed by atoms with Crippen molar-refractivity contribution < 1.29 is 19.4 Å². The Morgan fingerprint density at radius 3 is 2.78 bits per heavy atom. The number of aromatic carboxylic acids is 1. The van der Waals surface area contributed by atoms with Crippen molar-refractivity contribution in [3.05, 3.63) is 29.3 Å². The Morgan fingerprint density at radius 1 is 1.44 bits per heavy atom. The molecule has 96 valence electrons. The first kappa shape index (κ1) is 12.6. The summed E-state index contributed by atoms with van der Waals surface area (Å²) in [6.45, 7) is 2.38. The van der Waals surface area contributed by atoms with Crippen LogP contribution in [-0.4, -0.2) is 29.7 Å². The SMILES string of the molecule is Cc1cc(C(=O)O)ccc1NC(=O)[C@@H]1CCCO1. The Bertz CT molecular complexity index is 478. The van der Waals surface area contributed by atoms with E-state index in [-0.39, 0.29) is 17.6 Å². The summed E-state index contributed by atoms with van der Waals surface area (Å²) in [5.41, 5.74) is 1.56. The second-order valence-corrected chi connectivity index (χ2v) is 4.33. The van der Waals surface area contributed by atoms with Gasteiger partial charge in [-0.1, -0.05) is 0 Å². The molecule has 5 heteroatoms. The van der Waals surface area contributed by atoms with Crippen LogP contribution in [0.3, 0.4) is 0 Å². The van der Waals surface area contributed by atoms with Crippen molar-refractivity contribution in [1.29, 1.82) is 0 Å². The average Bonchev–Trinajstić information content (AvgIpc) is 2.85. The summed E-state index contributed by atoms with van der Waals surface area (Å²) in [6, 6.07) is 4.61. The molecule has 2 N–H and O–H groups in total. The maximum Gasteiger partial charge on any atom is 0.335 e. The van der Waals surface area contributed by atoms with E-state index in [4.69, 9.17) is 9.84 Å². The molecule has 18 heavy (non-hydrogen) atoms. The van der Waals surface area contributed by atoms with Crippen molar-refractivity contribution in [3.8, 4) is 0 Å². The predicted octanol–water partition coefficient (Wildman–Crippen LogP) is 1.81.